The average Bonchev–Trinajstić information content (AvgIpc) is 3.35. The van der Waals surface area contributed by atoms with Gasteiger partial charge >= 0.3 is 0 Å². The second kappa shape index (κ2) is 19.6. The Balaban J connectivity index is 0.00000588. The minimum atomic E-state index is -0.274. The number of nitrogens with zero attached hydrogens (tertiary/aromatic N) is 1. The Labute approximate surface area is 261 Å². The Morgan fingerprint density at radius 3 is 2.07 bits per heavy atom. The molecule has 7 heteroatoms. The second-order valence-corrected chi connectivity index (χ2v) is 11.5. The van der Waals surface area contributed by atoms with Crippen molar-refractivity contribution in [1.29, 1.82) is 0 Å². The molecule has 0 atom stereocenters. The normalized spacial score (nSPS) is 10.7. The first-order valence-electron chi connectivity index (χ1n) is 15.1. The summed E-state index contributed by atoms with van der Waals surface area (Å²) in [7, 11) is 0. The van der Waals surface area contributed by atoms with Gasteiger partial charge in [-0.1, -0.05) is 107 Å². The molecule has 0 saturated heterocycles. The number of benzene rings is 2. The van der Waals surface area contributed by atoms with Crippen LogP contribution >= 0.6 is 11.3 Å². The van der Waals surface area contributed by atoms with Crippen LogP contribution in [0.5, 0.6) is 5.75 Å². The number of ketones is 1. The van der Waals surface area contributed by atoms with Gasteiger partial charge in [-0.05, 0) is 37.6 Å². The van der Waals surface area contributed by atoms with E-state index < -0.39 is 0 Å². The highest BCUT2D eigenvalue weighted by Gasteiger charge is 2.19. The van der Waals surface area contributed by atoms with E-state index in [0.717, 1.165) is 30.6 Å². The standard InChI is InChI=1S/C34H46N2O3S.BrH/c1-4-5-6-7-8-9-10-11-12-13-14-15-22-39-33-31(28(3)37)20-17-21-32(33)34(38)35-30-19-16-18-29(23-30)24-36-26-40-25-27(36)2;/h16-21,23,25-26H,4-15,22,24H2,1-3H3;1H. The molecule has 0 bridgehead atoms. The lowest BCUT2D eigenvalue weighted by Crippen LogP contribution is -3.00. The van der Waals surface area contributed by atoms with Crippen molar-refractivity contribution in [2.24, 2.45) is 0 Å². The van der Waals surface area contributed by atoms with Gasteiger partial charge in [0.1, 0.15) is 5.75 Å². The molecule has 224 valence electrons. The number of aryl methyl sites for hydroxylation is 1. The lowest BCUT2D eigenvalue weighted by molar-refractivity contribution is -0.689. The first-order chi connectivity index (χ1) is 19.5. The number of thiazole rings is 1. The first-order valence-corrected chi connectivity index (χ1v) is 16.0. The zero-order valence-electron chi connectivity index (χ0n) is 25.1. The van der Waals surface area contributed by atoms with Gasteiger partial charge in [0, 0.05) is 18.2 Å². The molecule has 3 rings (SSSR count). The topological polar surface area (TPSA) is 59.3 Å². The lowest BCUT2D eigenvalue weighted by atomic mass is 10.0. The van der Waals surface area contributed by atoms with Crippen LogP contribution in [0.3, 0.4) is 0 Å². The van der Waals surface area contributed by atoms with Crippen LogP contribution < -0.4 is 31.6 Å². The van der Waals surface area contributed by atoms with Gasteiger partial charge < -0.3 is 27.0 Å². The van der Waals surface area contributed by atoms with E-state index in [4.69, 9.17) is 4.74 Å². The summed E-state index contributed by atoms with van der Waals surface area (Å²) in [6, 6.07) is 13.1. The van der Waals surface area contributed by atoms with E-state index in [0.29, 0.717) is 23.5 Å². The number of unbranched alkanes of at least 4 members (excludes halogenated alkanes) is 11. The molecular weight excluding hydrogens is 596 g/mol. The molecule has 0 aliphatic rings. The molecule has 3 aromatic rings. The maximum Gasteiger partial charge on any atom is 0.259 e. The van der Waals surface area contributed by atoms with Crippen LogP contribution in [0, 0.1) is 6.92 Å². The molecule has 0 saturated carbocycles. The van der Waals surface area contributed by atoms with Crippen LogP contribution in [0.2, 0.25) is 0 Å². The number of carbonyl (C=O) groups excluding carboxylic acids is 2. The van der Waals surface area contributed by atoms with Crippen LogP contribution in [0.25, 0.3) is 0 Å². The van der Waals surface area contributed by atoms with Crippen LogP contribution in [-0.4, -0.2) is 18.3 Å². The third kappa shape index (κ3) is 12.1. The minimum absolute atomic E-state index is 0. The van der Waals surface area contributed by atoms with Crippen LogP contribution in [0.1, 0.15) is 123 Å². The number of nitrogens with one attached hydrogen (secondary N) is 1. The van der Waals surface area contributed by atoms with Gasteiger partial charge in [0.05, 0.1) is 23.1 Å². The number of halogens is 1. The number of Topliss-reactive ketones (excluding diaryl/α,β-unsaturated/α-hetero) is 1. The zero-order valence-corrected chi connectivity index (χ0v) is 27.5. The van der Waals surface area contributed by atoms with E-state index in [1.165, 1.54) is 76.8 Å². The maximum atomic E-state index is 13.3. The second-order valence-electron chi connectivity index (χ2n) is 10.8. The largest absolute Gasteiger partial charge is 1.00 e. The fourth-order valence-electron chi connectivity index (χ4n) is 4.92. The zero-order chi connectivity index (χ0) is 28.6. The number of para-hydroxylation sites is 1. The van der Waals surface area contributed by atoms with Crippen molar-refractivity contribution in [3.8, 4) is 5.75 Å². The maximum absolute atomic E-state index is 13.3. The highest BCUT2D eigenvalue weighted by molar-refractivity contribution is 7.07. The summed E-state index contributed by atoms with van der Waals surface area (Å²) in [6.45, 7) is 7.10. The predicted octanol–water partition coefficient (Wildman–Crippen LogP) is 5.93. The van der Waals surface area contributed by atoms with Gasteiger partial charge in [0.15, 0.2) is 18.0 Å². The summed E-state index contributed by atoms with van der Waals surface area (Å²) < 4.78 is 8.29. The quantitative estimate of drug-likeness (QED) is 0.100. The van der Waals surface area contributed by atoms with Crippen molar-refractivity contribution in [1.82, 2.24) is 0 Å². The highest BCUT2D eigenvalue weighted by atomic mass is 79.9. The lowest BCUT2D eigenvalue weighted by Gasteiger charge is -2.15. The molecule has 0 unspecified atom stereocenters. The predicted molar refractivity (Wildman–Crippen MR) is 166 cm³/mol. The summed E-state index contributed by atoms with van der Waals surface area (Å²) in [4.78, 5) is 25.7. The van der Waals surface area contributed by atoms with Crippen molar-refractivity contribution < 1.29 is 35.9 Å². The molecule has 0 spiro atoms. The smallest absolute Gasteiger partial charge is 0.259 e. The molecule has 1 N–H and O–H groups in total. The number of aromatic nitrogens is 1. The summed E-state index contributed by atoms with van der Waals surface area (Å²) in [5.74, 6) is 0.00462. The minimum Gasteiger partial charge on any atom is -1.00 e. The number of ether oxygens (including phenoxy) is 1. The Kier molecular flexibility index (Phi) is 16.6. The van der Waals surface area contributed by atoms with Crippen LogP contribution in [0.4, 0.5) is 5.69 Å². The van der Waals surface area contributed by atoms with Crippen molar-refractivity contribution >= 4 is 28.7 Å². The third-order valence-corrected chi connectivity index (χ3v) is 8.15. The van der Waals surface area contributed by atoms with Crippen molar-refractivity contribution in [2.45, 2.75) is 104 Å². The first kappa shape index (κ1) is 34.7. The number of rotatable bonds is 19. The summed E-state index contributed by atoms with van der Waals surface area (Å²) in [6.07, 6.45) is 15.3. The molecule has 5 nitrogen and oxygen atoms in total. The van der Waals surface area contributed by atoms with E-state index in [1.54, 1.807) is 29.5 Å². The monoisotopic (exact) mass is 642 g/mol. The molecule has 1 heterocycles. The Bertz CT molecular complexity index is 1210. The van der Waals surface area contributed by atoms with Crippen LogP contribution in [-0.2, 0) is 6.54 Å². The van der Waals surface area contributed by atoms with E-state index in [9.17, 15) is 9.59 Å². The molecule has 0 radical (unpaired) electrons. The number of amides is 1. The van der Waals surface area contributed by atoms with Gasteiger partial charge in [-0.3, -0.25) is 9.59 Å². The Morgan fingerprint density at radius 2 is 1.46 bits per heavy atom. The molecule has 41 heavy (non-hydrogen) atoms. The van der Waals surface area contributed by atoms with E-state index in [-0.39, 0.29) is 28.7 Å². The summed E-state index contributed by atoms with van der Waals surface area (Å²) in [5, 5.41) is 5.13. The molecule has 2 aromatic carbocycles. The number of hydrogen-bond acceptors (Lipinski definition) is 4. The SMILES string of the molecule is CCCCCCCCCCCCCCOc1c(C(C)=O)cccc1C(=O)Nc1cccc(C[n+]2cscc2C)c1.[Br-]. The summed E-state index contributed by atoms with van der Waals surface area (Å²) in [5.41, 5.74) is 5.95. The summed E-state index contributed by atoms with van der Waals surface area (Å²) >= 11 is 1.67. The molecule has 1 amide bonds. The number of anilines is 1. The Morgan fingerprint density at radius 1 is 0.854 bits per heavy atom. The van der Waals surface area contributed by atoms with Gasteiger partial charge in [0.25, 0.3) is 5.91 Å². The van der Waals surface area contributed by atoms with E-state index in [2.05, 4.69) is 40.7 Å². The number of hydrogen-bond donors (Lipinski definition) is 1. The van der Waals surface area contributed by atoms with Crippen molar-refractivity contribution in [2.75, 3.05) is 11.9 Å². The molecule has 0 fully saturated rings. The van der Waals surface area contributed by atoms with Gasteiger partial charge in [-0.25, -0.2) is 0 Å². The molecule has 1 aromatic heterocycles. The van der Waals surface area contributed by atoms with Gasteiger partial charge in [-0.15, -0.1) is 0 Å². The van der Waals surface area contributed by atoms with Crippen molar-refractivity contribution in [3.63, 3.8) is 0 Å². The third-order valence-electron chi connectivity index (χ3n) is 7.30. The fraction of sp³-hybridized carbons (Fsp3) is 0.500. The molecule has 0 aliphatic heterocycles. The van der Waals surface area contributed by atoms with Gasteiger partial charge in [-0.2, -0.15) is 4.57 Å². The molecule has 0 aliphatic carbocycles. The van der Waals surface area contributed by atoms with Crippen molar-refractivity contribution in [3.05, 3.63) is 75.7 Å². The van der Waals surface area contributed by atoms with Gasteiger partial charge in [0.2, 0.25) is 5.51 Å². The molecular formula is C34H47BrN2O3S. The van der Waals surface area contributed by atoms with E-state index in [1.807, 2.05) is 18.2 Å². The van der Waals surface area contributed by atoms with E-state index >= 15 is 0 Å². The Hall–Kier alpha value is -2.51. The average molecular weight is 644 g/mol. The fourth-order valence-corrected chi connectivity index (χ4v) is 5.70. The highest BCUT2D eigenvalue weighted by Crippen LogP contribution is 2.27. The number of carbonyl (C=O) groups is 2. The van der Waals surface area contributed by atoms with Crippen LogP contribution in [0.15, 0.2) is 53.4 Å².